The van der Waals surface area contributed by atoms with E-state index in [0.717, 1.165) is 40.5 Å². The summed E-state index contributed by atoms with van der Waals surface area (Å²) in [5.74, 6) is 3.30. The molecule has 22 heavy (non-hydrogen) atoms. The number of aromatic nitrogens is 2. The molecule has 0 aliphatic carbocycles. The van der Waals surface area contributed by atoms with Crippen LogP contribution in [0.25, 0.3) is 11.0 Å². The van der Waals surface area contributed by atoms with Gasteiger partial charge >= 0.3 is 0 Å². The first-order valence-corrected chi connectivity index (χ1v) is 7.34. The first-order chi connectivity index (χ1) is 10.9. The summed E-state index contributed by atoms with van der Waals surface area (Å²) in [6, 6.07) is 13.6. The molecular formula is C17H16N2O3. The van der Waals surface area contributed by atoms with Crippen LogP contribution in [-0.2, 0) is 6.42 Å². The van der Waals surface area contributed by atoms with Gasteiger partial charge in [0.25, 0.3) is 0 Å². The smallest absolute Gasteiger partial charge is 0.163 e. The number of hydrogen-bond acceptors (Lipinski definition) is 4. The molecule has 1 aromatic heterocycles. The number of benzene rings is 2. The van der Waals surface area contributed by atoms with Gasteiger partial charge in [-0.1, -0.05) is 18.2 Å². The highest BCUT2D eigenvalue weighted by Crippen LogP contribution is 2.33. The van der Waals surface area contributed by atoms with Crippen molar-refractivity contribution in [3.63, 3.8) is 0 Å². The molecule has 3 aromatic rings. The van der Waals surface area contributed by atoms with E-state index in [1.54, 1.807) is 0 Å². The number of imidazole rings is 1. The van der Waals surface area contributed by atoms with Crippen LogP contribution in [0, 0.1) is 0 Å². The van der Waals surface area contributed by atoms with E-state index in [-0.39, 0.29) is 0 Å². The van der Waals surface area contributed by atoms with E-state index in [9.17, 15) is 0 Å². The first-order valence-electron chi connectivity index (χ1n) is 7.34. The lowest BCUT2D eigenvalue weighted by Gasteiger charge is -2.17. The van der Waals surface area contributed by atoms with Gasteiger partial charge in [0.2, 0.25) is 0 Å². The average molecular weight is 296 g/mol. The van der Waals surface area contributed by atoms with Crippen LogP contribution in [-0.4, -0.2) is 29.8 Å². The lowest BCUT2D eigenvalue weighted by Crippen LogP contribution is -2.15. The number of fused-ring (bicyclic) bond motifs is 2. The van der Waals surface area contributed by atoms with Crippen molar-refractivity contribution in [2.24, 2.45) is 0 Å². The second-order valence-electron chi connectivity index (χ2n) is 5.11. The number of aromatic amines is 1. The topological polar surface area (TPSA) is 56.4 Å². The van der Waals surface area contributed by atoms with Crippen LogP contribution in [0.3, 0.4) is 0 Å². The van der Waals surface area contributed by atoms with Gasteiger partial charge in [0.15, 0.2) is 11.5 Å². The van der Waals surface area contributed by atoms with Crippen molar-refractivity contribution in [1.29, 1.82) is 0 Å². The van der Waals surface area contributed by atoms with Gasteiger partial charge in [-0.25, -0.2) is 4.98 Å². The molecule has 0 saturated carbocycles. The molecule has 1 N–H and O–H groups in total. The molecule has 0 bridgehead atoms. The third-order valence-electron chi connectivity index (χ3n) is 3.55. The van der Waals surface area contributed by atoms with Gasteiger partial charge in [0, 0.05) is 18.6 Å². The molecule has 4 rings (SSSR count). The van der Waals surface area contributed by atoms with Crippen LogP contribution in [0.5, 0.6) is 17.2 Å². The minimum atomic E-state index is 0.580. The van der Waals surface area contributed by atoms with Gasteiger partial charge < -0.3 is 19.2 Å². The highest BCUT2D eigenvalue weighted by molar-refractivity contribution is 5.79. The van der Waals surface area contributed by atoms with Crippen molar-refractivity contribution >= 4 is 11.0 Å². The highest BCUT2D eigenvalue weighted by Gasteiger charge is 2.14. The molecule has 0 atom stereocenters. The Morgan fingerprint density at radius 1 is 1.05 bits per heavy atom. The van der Waals surface area contributed by atoms with Crippen molar-refractivity contribution < 1.29 is 14.2 Å². The molecule has 0 fully saturated rings. The van der Waals surface area contributed by atoms with Crippen LogP contribution in [0.4, 0.5) is 0 Å². The van der Waals surface area contributed by atoms with Crippen molar-refractivity contribution in [3.8, 4) is 17.2 Å². The normalized spacial score (nSPS) is 13.3. The molecule has 1 aliphatic heterocycles. The number of hydrogen-bond donors (Lipinski definition) is 1. The number of nitrogens with one attached hydrogen (secondary N) is 1. The van der Waals surface area contributed by atoms with Gasteiger partial charge in [0.05, 0.1) is 17.6 Å². The summed E-state index contributed by atoms with van der Waals surface area (Å²) < 4.78 is 16.9. The minimum Gasteiger partial charge on any atom is -0.493 e. The zero-order chi connectivity index (χ0) is 14.8. The van der Waals surface area contributed by atoms with Crippen molar-refractivity contribution in [2.45, 2.75) is 6.42 Å². The van der Waals surface area contributed by atoms with Crippen LogP contribution in [0.15, 0.2) is 42.5 Å². The number of rotatable bonds is 4. The first kappa shape index (κ1) is 13.0. The molecule has 1 aliphatic rings. The maximum atomic E-state index is 5.70. The zero-order valence-electron chi connectivity index (χ0n) is 12.0. The number of ether oxygens (including phenoxy) is 3. The largest absolute Gasteiger partial charge is 0.493 e. The quantitative estimate of drug-likeness (QED) is 0.804. The molecule has 112 valence electrons. The molecule has 0 saturated heterocycles. The third-order valence-corrected chi connectivity index (χ3v) is 3.55. The molecule has 5 heteroatoms. The lowest BCUT2D eigenvalue weighted by molar-refractivity contribution is 0.172. The third kappa shape index (κ3) is 2.57. The Balaban J connectivity index is 1.48. The van der Waals surface area contributed by atoms with E-state index in [1.807, 2.05) is 42.5 Å². The maximum absolute atomic E-state index is 5.70. The molecule has 5 nitrogen and oxygen atoms in total. The molecule has 0 unspecified atom stereocenters. The Bertz CT molecular complexity index is 740. The van der Waals surface area contributed by atoms with Crippen LogP contribution < -0.4 is 14.2 Å². The zero-order valence-corrected chi connectivity index (χ0v) is 12.0. The van der Waals surface area contributed by atoms with Gasteiger partial charge in [-0.3, -0.25) is 0 Å². The predicted octanol–water partition coefficient (Wildman–Crippen LogP) is 2.96. The Hall–Kier alpha value is -2.69. The SMILES string of the molecule is c1ccc(OCCc2nc3cc4c(cc3[nH]2)OCCO4)cc1. The summed E-state index contributed by atoms with van der Waals surface area (Å²) >= 11 is 0. The van der Waals surface area contributed by atoms with Gasteiger partial charge in [0.1, 0.15) is 24.8 Å². The van der Waals surface area contributed by atoms with Crippen LogP contribution in [0.2, 0.25) is 0 Å². The molecule has 2 heterocycles. The summed E-state index contributed by atoms with van der Waals surface area (Å²) in [7, 11) is 0. The second kappa shape index (κ2) is 5.60. The van der Waals surface area contributed by atoms with Crippen LogP contribution in [0.1, 0.15) is 5.82 Å². The standard InChI is InChI=1S/C17H16N2O3/c1-2-4-12(5-3-1)20-7-6-17-18-13-10-15-16(11-14(13)19-17)22-9-8-21-15/h1-5,10-11H,6-9H2,(H,18,19). The van der Waals surface area contributed by atoms with E-state index < -0.39 is 0 Å². The van der Waals surface area contributed by atoms with Gasteiger partial charge in [-0.15, -0.1) is 0 Å². The summed E-state index contributed by atoms with van der Waals surface area (Å²) in [4.78, 5) is 7.89. The van der Waals surface area contributed by atoms with Crippen molar-refractivity contribution in [1.82, 2.24) is 9.97 Å². The maximum Gasteiger partial charge on any atom is 0.163 e. The van der Waals surface area contributed by atoms with Crippen molar-refractivity contribution in [3.05, 3.63) is 48.3 Å². The van der Waals surface area contributed by atoms with E-state index in [0.29, 0.717) is 19.8 Å². The van der Waals surface area contributed by atoms with E-state index in [4.69, 9.17) is 14.2 Å². The summed E-state index contributed by atoms with van der Waals surface area (Å²) in [6.45, 7) is 1.75. The molecule has 2 aromatic carbocycles. The summed E-state index contributed by atoms with van der Waals surface area (Å²) in [5.41, 5.74) is 1.85. The molecule has 0 amide bonds. The monoisotopic (exact) mass is 296 g/mol. The van der Waals surface area contributed by atoms with E-state index in [2.05, 4.69) is 9.97 Å². The van der Waals surface area contributed by atoms with Crippen LogP contribution >= 0.6 is 0 Å². The van der Waals surface area contributed by atoms with Crippen molar-refractivity contribution in [2.75, 3.05) is 19.8 Å². The lowest BCUT2D eigenvalue weighted by atomic mass is 10.2. The second-order valence-corrected chi connectivity index (χ2v) is 5.11. The predicted molar refractivity (Wildman–Crippen MR) is 82.7 cm³/mol. The summed E-state index contributed by atoms with van der Waals surface area (Å²) in [6.07, 6.45) is 0.718. The summed E-state index contributed by atoms with van der Waals surface area (Å²) in [5, 5.41) is 0. The molecular weight excluding hydrogens is 280 g/mol. The Kier molecular flexibility index (Phi) is 3.31. The van der Waals surface area contributed by atoms with E-state index in [1.165, 1.54) is 0 Å². The van der Waals surface area contributed by atoms with E-state index >= 15 is 0 Å². The fraction of sp³-hybridized carbons (Fsp3) is 0.235. The number of para-hydroxylation sites is 1. The average Bonchev–Trinajstić information content (AvgIpc) is 2.95. The molecule has 0 spiro atoms. The fourth-order valence-electron chi connectivity index (χ4n) is 2.50. The Labute approximate surface area is 127 Å². The Morgan fingerprint density at radius 3 is 2.64 bits per heavy atom. The minimum absolute atomic E-state index is 0.580. The molecule has 0 radical (unpaired) electrons. The van der Waals surface area contributed by atoms with Gasteiger partial charge in [-0.05, 0) is 12.1 Å². The Morgan fingerprint density at radius 2 is 1.82 bits per heavy atom. The highest BCUT2D eigenvalue weighted by atomic mass is 16.6. The van der Waals surface area contributed by atoms with Gasteiger partial charge in [-0.2, -0.15) is 0 Å². The fourth-order valence-corrected chi connectivity index (χ4v) is 2.50. The number of H-pyrrole nitrogens is 1. The number of nitrogens with zero attached hydrogens (tertiary/aromatic N) is 1.